The first-order valence-corrected chi connectivity index (χ1v) is 7.81. The molecule has 21 heavy (non-hydrogen) atoms. The molecule has 0 saturated carbocycles. The Hall–Kier alpha value is 0.441. The van der Waals surface area contributed by atoms with E-state index in [0.717, 1.165) is 0 Å². The normalized spacial score (nSPS) is 20.3. The van der Waals surface area contributed by atoms with Crippen LogP contribution in [-0.4, -0.2) is 45.5 Å². The van der Waals surface area contributed by atoms with Crippen LogP contribution in [0.15, 0.2) is 44.6 Å². The molecule has 2 rings (SSSR count). The average molecular weight is 362 g/mol. The monoisotopic (exact) mass is 362 g/mol. The summed E-state index contributed by atoms with van der Waals surface area (Å²) in [6, 6.07) is 0. The van der Waals surface area contributed by atoms with Gasteiger partial charge in [0, 0.05) is 0 Å². The molecule has 1 heteroatoms. The van der Waals surface area contributed by atoms with Crippen LogP contribution < -0.4 is 0 Å². The summed E-state index contributed by atoms with van der Waals surface area (Å²) in [5.41, 5.74) is 12.2. The van der Waals surface area contributed by atoms with Gasteiger partial charge in [0.05, 0.1) is 0 Å². The van der Waals surface area contributed by atoms with E-state index < -0.39 is 0 Å². The molecule has 0 N–H and O–H groups in total. The zero-order valence-electron chi connectivity index (χ0n) is 15.2. The third-order valence-electron chi connectivity index (χ3n) is 6.09. The topological polar surface area (TPSA) is 0 Å². The molecule has 0 atom stereocenters. The van der Waals surface area contributed by atoms with Crippen molar-refractivity contribution in [1.82, 2.24) is 0 Å². The first-order chi connectivity index (χ1) is 9.11. The number of allylic oxidation sites excluding steroid dienone is 8. The third kappa shape index (κ3) is 4.25. The van der Waals surface area contributed by atoms with Crippen molar-refractivity contribution in [2.75, 3.05) is 0 Å². The predicted octanol–water partition coefficient (Wildman–Crippen LogP) is 5.70. The van der Waals surface area contributed by atoms with Gasteiger partial charge in [-0.3, -0.25) is 0 Å². The maximum atomic E-state index is 2.28. The van der Waals surface area contributed by atoms with Crippen LogP contribution in [0.4, 0.5) is 0 Å². The van der Waals surface area contributed by atoms with Crippen molar-refractivity contribution in [2.24, 2.45) is 11.8 Å². The Morgan fingerprint density at radius 2 is 0.571 bits per heavy atom. The van der Waals surface area contributed by atoms with Gasteiger partial charge in [-0.05, 0) is 89.5 Å². The van der Waals surface area contributed by atoms with E-state index in [9.17, 15) is 0 Å². The Morgan fingerprint density at radius 3 is 0.619 bits per heavy atom. The second-order valence-corrected chi connectivity index (χ2v) is 6.68. The Kier molecular flexibility index (Phi) is 8.51. The van der Waals surface area contributed by atoms with Crippen molar-refractivity contribution in [3.05, 3.63) is 44.6 Å². The van der Waals surface area contributed by atoms with Gasteiger partial charge in [0.1, 0.15) is 0 Å². The molecule has 0 aromatic heterocycles. The van der Waals surface area contributed by atoms with E-state index in [1.165, 1.54) is 22.3 Å². The zero-order valence-corrected chi connectivity index (χ0v) is 15.2. The van der Waals surface area contributed by atoms with Crippen LogP contribution in [0.3, 0.4) is 0 Å². The van der Waals surface area contributed by atoms with E-state index in [0.29, 0.717) is 11.8 Å². The van der Waals surface area contributed by atoms with Gasteiger partial charge in [0.25, 0.3) is 0 Å². The van der Waals surface area contributed by atoms with E-state index in [1.807, 2.05) is 0 Å². The summed E-state index contributed by atoms with van der Waals surface area (Å²) >= 11 is 0. The summed E-state index contributed by atoms with van der Waals surface area (Å²) in [5, 5.41) is 0. The molecule has 0 saturated heterocycles. The fourth-order valence-corrected chi connectivity index (χ4v) is 3.13. The first-order valence-electron chi connectivity index (χ1n) is 7.81. The molecule has 0 nitrogen and oxygen atoms in total. The summed E-state index contributed by atoms with van der Waals surface area (Å²) < 4.78 is 0. The molecular weight excluding hydrogens is 328 g/mol. The van der Waals surface area contributed by atoms with E-state index >= 15 is 0 Å². The van der Waals surface area contributed by atoms with Gasteiger partial charge in [-0.15, -0.1) is 0 Å². The quantitative estimate of drug-likeness (QED) is 0.485. The van der Waals surface area contributed by atoms with Crippen LogP contribution >= 0.6 is 0 Å². The van der Waals surface area contributed by atoms with Crippen molar-refractivity contribution < 1.29 is 0 Å². The van der Waals surface area contributed by atoms with E-state index in [1.54, 1.807) is 22.3 Å². The van der Waals surface area contributed by atoms with Gasteiger partial charge in [-0.25, -0.2) is 0 Å². The Morgan fingerprint density at radius 1 is 0.429 bits per heavy atom. The fourth-order valence-electron chi connectivity index (χ4n) is 3.13. The zero-order chi connectivity index (χ0) is 15.8. The summed E-state index contributed by atoms with van der Waals surface area (Å²) in [6.07, 6.45) is 0. The van der Waals surface area contributed by atoms with Crippen LogP contribution in [0.5, 0.6) is 0 Å². The number of rotatable bonds is 0. The number of hydrogen-bond acceptors (Lipinski definition) is 0. The van der Waals surface area contributed by atoms with Gasteiger partial charge in [0.2, 0.25) is 0 Å². The molecule has 0 heterocycles. The Bertz CT molecular complexity index is 440. The van der Waals surface area contributed by atoms with E-state index in [-0.39, 0.29) is 45.5 Å². The standard InChI is InChI=1S/2C10H16.Sr.2H/c2*1-6-7(2)9(4)10(5)8(6)3;;;/h2*6H,1-5H3;;;. The molecule has 0 spiro atoms. The van der Waals surface area contributed by atoms with Crippen molar-refractivity contribution in [1.29, 1.82) is 0 Å². The SMILES string of the molecule is CC1=C(C)C(C)C(C)=C1C.CC1=C(C)C(C)C(C)=C1C.[SrH2]. The van der Waals surface area contributed by atoms with E-state index in [4.69, 9.17) is 0 Å². The maximum absolute atomic E-state index is 2.28. The van der Waals surface area contributed by atoms with Crippen LogP contribution in [0.1, 0.15) is 69.2 Å². The fraction of sp³-hybridized carbons (Fsp3) is 0.600. The van der Waals surface area contributed by atoms with Gasteiger partial charge < -0.3 is 0 Å². The average Bonchev–Trinajstić information content (AvgIpc) is 2.71. The van der Waals surface area contributed by atoms with E-state index in [2.05, 4.69) is 69.2 Å². The Labute approximate surface area is 169 Å². The number of hydrogen-bond donors (Lipinski definition) is 0. The van der Waals surface area contributed by atoms with Crippen molar-refractivity contribution >= 4 is 45.5 Å². The van der Waals surface area contributed by atoms with Gasteiger partial charge in [-0.1, -0.05) is 36.1 Å². The van der Waals surface area contributed by atoms with Crippen molar-refractivity contribution in [3.63, 3.8) is 0 Å². The molecule has 0 aliphatic heterocycles. The second-order valence-electron chi connectivity index (χ2n) is 6.68. The molecular formula is C20H34Sr. The van der Waals surface area contributed by atoms with Crippen LogP contribution in [0, 0.1) is 11.8 Å². The molecule has 0 radical (unpaired) electrons. The molecule has 2 aliphatic rings. The molecule has 0 aromatic carbocycles. The van der Waals surface area contributed by atoms with Gasteiger partial charge in [-0.2, -0.15) is 0 Å². The van der Waals surface area contributed by atoms with Gasteiger partial charge >= 0.3 is 45.5 Å². The third-order valence-corrected chi connectivity index (χ3v) is 6.09. The van der Waals surface area contributed by atoms with Crippen molar-refractivity contribution in [3.8, 4) is 0 Å². The van der Waals surface area contributed by atoms with Crippen LogP contribution in [-0.2, 0) is 0 Å². The summed E-state index contributed by atoms with van der Waals surface area (Å²) in [6.45, 7) is 22.4. The minimum absolute atomic E-state index is 0. The molecule has 0 aromatic rings. The molecule has 116 valence electrons. The molecule has 0 bridgehead atoms. The first kappa shape index (κ1) is 21.4. The molecule has 0 amide bonds. The van der Waals surface area contributed by atoms with Crippen LogP contribution in [0.2, 0.25) is 0 Å². The van der Waals surface area contributed by atoms with Crippen molar-refractivity contribution in [2.45, 2.75) is 69.2 Å². The van der Waals surface area contributed by atoms with Crippen LogP contribution in [0.25, 0.3) is 0 Å². The minimum atomic E-state index is 0. The summed E-state index contributed by atoms with van der Waals surface area (Å²) in [5.74, 6) is 1.39. The van der Waals surface area contributed by atoms with Gasteiger partial charge in [0.15, 0.2) is 0 Å². The Balaban J connectivity index is 0.000000364. The molecule has 0 unspecified atom stereocenters. The second kappa shape index (κ2) is 8.34. The predicted molar refractivity (Wildman–Crippen MR) is 100 cm³/mol. The molecule has 0 fully saturated rings. The molecule has 2 aliphatic carbocycles. The summed E-state index contributed by atoms with van der Waals surface area (Å²) in [4.78, 5) is 0. The summed E-state index contributed by atoms with van der Waals surface area (Å²) in [7, 11) is 0.